The molecule has 1 aliphatic heterocycles. The van der Waals surface area contributed by atoms with Crippen molar-refractivity contribution in [1.29, 1.82) is 0 Å². The summed E-state index contributed by atoms with van der Waals surface area (Å²) in [5.74, 6) is -0.291. The number of amides is 2. The van der Waals surface area contributed by atoms with Crippen LogP contribution < -0.4 is 9.47 Å². The number of benzene rings is 1. The molecule has 0 spiro atoms. The number of ether oxygens (including phenoxy) is 2. The minimum Gasteiger partial charge on any atom is -0.474 e. The van der Waals surface area contributed by atoms with Crippen LogP contribution in [0, 0.1) is 12.7 Å². The predicted octanol–water partition coefficient (Wildman–Crippen LogP) is 2.87. The molecule has 0 radical (unpaired) electrons. The van der Waals surface area contributed by atoms with Crippen LogP contribution in [0.25, 0.3) is 0 Å². The van der Waals surface area contributed by atoms with Crippen LogP contribution in [0.4, 0.5) is 9.18 Å². The van der Waals surface area contributed by atoms with Gasteiger partial charge in [0.15, 0.2) is 11.6 Å². The van der Waals surface area contributed by atoms with Gasteiger partial charge >= 0.3 is 6.09 Å². The zero-order valence-corrected chi connectivity index (χ0v) is 17.7. The molecule has 0 atom stereocenters. The second kappa shape index (κ2) is 9.59. The first kappa shape index (κ1) is 22.3. The molecular formula is C21H25FN4O5. The van der Waals surface area contributed by atoms with E-state index < -0.39 is 11.9 Å². The average molecular weight is 432 g/mol. The SMILES string of the molecule is Cc1c(Oc2ccc(CC(=O)N(C)C)cc2F)ncnc1OC1CCN(C(=O)O)CC1. The number of piperidine rings is 1. The Hall–Kier alpha value is -3.43. The molecule has 1 aromatic heterocycles. The maximum absolute atomic E-state index is 14.5. The zero-order valence-electron chi connectivity index (χ0n) is 17.7. The van der Waals surface area contributed by atoms with Crippen molar-refractivity contribution in [3.8, 4) is 17.5 Å². The summed E-state index contributed by atoms with van der Waals surface area (Å²) < 4.78 is 26.1. The lowest BCUT2D eigenvalue weighted by Crippen LogP contribution is -2.41. The van der Waals surface area contributed by atoms with Gasteiger partial charge in [-0.3, -0.25) is 4.79 Å². The van der Waals surface area contributed by atoms with Crippen LogP contribution in [0.1, 0.15) is 24.0 Å². The summed E-state index contributed by atoms with van der Waals surface area (Å²) in [5.41, 5.74) is 1.05. The Labute approximate surface area is 179 Å². The summed E-state index contributed by atoms with van der Waals surface area (Å²) in [7, 11) is 3.28. The molecule has 1 aromatic carbocycles. The first-order valence-corrected chi connectivity index (χ1v) is 9.87. The lowest BCUT2D eigenvalue weighted by atomic mass is 10.1. The quantitative estimate of drug-likeness (QED) is 0.748. The van der Waals surface area contributed by atoms with E-state index in [9.17, 15) is 14.0 Å². The third-order valence-corrected chi connectivity index (χ3v) is 5.04. The minimum atomic E-state index is -0.938. The highest BCUT2D eigenvalue weighted by Gasteiger charge is 2.25. The molecule has 0 aliphatic carbocycles. The second-order valence-electron chi connectivity index (χ2n) is 7.53. The highest BCUT2D eigenvalue weighted by Crippen LogP contribution is 2.30. The molecule has 0 bridgehead atoms. The number of aromatic nitrogens is 2. The molecule has 2 heterocycles. The number of nitrogens with zero attached hydrogens (tertiary/aromatic N) is 4. The Morgan fingerprint density at radius 3 is 2.52 bits per heavy atom. The molecule has 9 nitrogen and oxygen atoms in total. The van der Waals surface area contributed by atoms with Crippen LogP contribution in [-0.4, -0.2) is 70.2 Å². The van der Waals surface area contributed by atoms with Gasteiger partial charge in [-0.15, -0.1) is 0 Å². The normalized spacial score (nSPS) is 14.3. The highest BCUT2D eigenvalue weighted by atomic mass is 19.1. The van der Waals surface area contributed by atoms with E-state index in [1.807, 2.05) is 0 Å². The fourth-order valence-electron chi connectivity index (χ4n) is 3.14. The fourth-order valence-corrected chi connectivity index (χ4v) is 3.14. The fraction of sp³-hybridized carbons (Fsp3) is 0.429. The standard InChI is InChI=1S/C21H25FN4O5/c1-13-19(30-15-6-8-26(9-7-15)21(28)29)23-12-24-20(13)31-17-5-4-14(10-16(17)22)11-18(27)25(2)3/h4-5,10,12,15H,6-9,11H2,1-3H3,(H,28,29). The molecule has 1 aliphatic rings. The van der Waals surface area contributed by atoms with Gasteiger partial charge in [-0.1, -0.05) is 6.07 Å². The smallest absolute Gasteiger partial charge is 0.407 e. The minimum absolute atomic E-state index is 0.0245. The molecule has 1 N–H and O–H groups in total. The number of hydrogen-bond donors (Lipinski definition) is 1. The Morgan fingerprint density at radius 2 is 1.90 bits per heavy atom. The predicted molar refractivity (Wildman–Crippen MR) is 109 cm³/mol. The molecule has 3 rings (SSSR count). The summed E-state index contributed by atoms with van der Waals surface area (Å²) >= 11 is 0. The molecule has 2 amide bonds. The summed E-state index contributed by atoms with van der Waals surface area (Å²) in [6, 6.07) is 4.35. The Balaban J connectivity index is 1.68. The number of carbonyl (C=O) groups is 2. The van der Waals surface area contributed by atoms with Crippen molar-refractivity contribution in [1.82, 2.24) is 19.8 Å². The lowest BCUT2D eigenvalue weighted by Gasteiger charge is -2.30. The van der Waals surface area contributed by atoms with Gasteiger partial charge in [0.2, 0.25) is 17.7 Å². The Bertz CT molecular complexity index is 961. The van der Waals surface area contributed by atoms with Crippen LogP contribution in [0.2, 0.25) is 0 Å². The number of rotatable bonds is 6. The van der Waals surface area contributed by atoms with Crippen molar-refractivity contribution in [2.45, 2.75) is 32.3 Å². The monoisotopic (exact) mass is 432 g/mol. The topological polar surface area (TPSA) is 105 Å². The van der Waals surface area contributed by atoms with E-state index in [1.165, 1.54) is 28.3 Å². The summed E-state index contributed by atoms with van der Waals surface area (Å²) in [6.45, 7) is 2.49. The summed E-state index contributed by atoms with van der Waals surface area (Å²) in [6.07, 6.45) is 1.34. The first-order valence-electron chi connectivity index (χ1n) is 9.87. The molecule has 2 aromatic rings. The van der Waals surface area contributed by atoms with E-state index in [2.05, 4.69) is 9.97 Å². The largest absolute Gasteiger partial charge is 0.474 e. The van der Waals surface area contributed by atoms with Crippen molar-refractivity contribution in [3.63, 3.8) is 0 Å². The molecule has 1 saturated heterocycles. The van der Waals surface area contributed by atoms with Crippen molar-refractivity contribution in [3.05, 3.63) is 41.5 Å². The van der Waals surface area contributed by atoms with Gasteiger partial charge in [-0.05, 0) is 24.6 Å². The molecule has 0 saturated carbocycles. The molecule has 0 unspecified atom stereocenters. The van der Waals surface area contributed by atoms with Crippen molar-refractivity contribution >= 4 is 12.0 Å². The average Bonchev–Trinajstić information content (AvgIpc) is 2.73. The van der Waals surface area contributed by atoms with Gasteiger partial charge in [-0.2, -0.15) is 0 Å². The lowest BCUT2D eigenvalue weighted by molar-refractivity contribution is -0.127. The van der Waals surface area contributed by atoms with E-state index in [-0.39, 0.29) is 30.1 Å². The Morgan fingerprint density at radius 1 is 1.23 bits per heavy atom. The van der Waals surface area contributed by atoms with E-state index in [4.69, 9.17) is 14.6 Å². The summed E-state index contributed by atoms with van der Waals surface area (Å²) in [4.78, 5) is 33.8. The second-order valence-corrected chi connectivity index (χ2v) is 7.53. The molecule has 1 fully saturated rings. The van der Waals surface area contributed by atoms with Crippen LogP contribution >= 0.6 is 0 Å². The van der Waals surface area contributed by atoms with Crippen molar-refractivity contribution < 1.29 is 28.6 Å². The van der Waals surface area contributed by atoms with E-state index >= 15 is 0 Å². The van der Waals surface area contributed by atoms with Gasteiger partial charge < -0.3 is 24.4 Å². The van der Waals surface area contributed by atoms with Crippen LogP contribution in [0.5, 0.6) is 17.5 Å². The van der Waals surface area contributed by atoms with Gasteiger partial charge in [0, 0.05) is 40.0 Å². The third-order valence-electron chi connectivity index (χ3n) is 5.04. The van der Waals surface area contributed by atoms with Crippen molar-refractivity contribution in [2.75, 3.05) is 27.2 Å². The number of carbonyl (C=O) groups excluding carboxylic acids is 1. The Kier molecular flexibility index (Phi) is 6.88. The van der Waals surface area contributed by atoms with E-state index in [0.29, 0.717) is 42.9 Å². The maximum Gasteiger partial charge on any atom is 0.407 e. The van der Waals surface area contributed by atoms with Gasteiger partial charge in [0.1, 0.15) is 12.4 Å². The van der Waals surface area contributed by atoms with Crippen LogP contribution in [0.3, 0.4) is 0 Å². The number of likely N-dealkylation sites (tertiary alicyclic amines) is 1. The molecule has 31 heavy (non-hydrogen) atoms. The molecule has 10 heteroatoms. The zero-order chi connectivity index (χ0) is 22.5. The van der Waals surface area contributed by atoms with E-state index in [0.717, 1.165) is 0 Å². The number of carboxylic acid groups (broad SMARTS) is 1. The van der Waals surface area contributed by atoms with Gasteiger partial charge in [0.05, 0.1) is 12.0 Å². The van der Waals surface area contributed by atoms with Gasteiger partial charge in [0.25, 0.3) is 0 Å². The number of likely N-dealkylation sites (N-methyl/N-ethyl adjacent to an activating group) is 1. The highest BCUT2D eigenvalue weighted by molar-refractivity contribution is 5.78. The third kappa shape index (κ3) is 5.59. The summed E-state index contributed by atoms with van der Waals surface area (Å²) in [5, 5.41) is 9.04. The maximum atomic E-state index is 14.5. The molecule has 166 valence electrons. The molecular weight excluding hydrogens is 407 g/mol. The van der Waals surface area contributed by atoms with Gasteiger partial charge in [-0.25, -0.2) is 19.2 Å². The van der Waals surface area contributed by atoms with E-state index in [1.54, 1.807) is 27.1 Å². The van der Waals surface area contributed by atoms with Crippen LogP contribution in [0.15, 0.2) is 24.5 Å². The van der Waals surface area contributed by atoms with Crippen LogP contribution in [-0.2, 0) is 11.2 Å². The number of halogens is 1. The number of hydrogen-bond acceptors (Lipinski definition) is 6. The first-order chi connectivity index (χ1) is 14.7. The van der Waals surface area contributed by atoms with Crippen molar-refractivity contribution in [2.24, 2.45) is 0 Å².